The van der Waals surface area contributed by atoms with Crippen LogP contribution in [0.1, 0.15) is 56.7 Å². The molecule has 1 aromatic carbocycles. The van der Waals surface area contributed by atoms with Crippen LogP contribution in [-0.2, 0) is 17.2 Å². The van der Waals surface area contributed by atoms with Crippen LogP contribution >= 0.6 is 11.6 Å². The van der Waals surface area contributed by atoms with E-state index in [0.29, 0.717) is 11.7 Å². The molecule has 6 nitrogen and oxygen atoms in total. The smallest absolute Gasteiger partial charge is 0.347 e. The molecular formula is C23H30ClN4O2S+. The summed E-state index contributed by atoms with van der Waals surface area (Å²) >= 11 is 6.04. The third-order valence-corrected chi connectivity index (χ3v) is 8.86. The summed E-state index contributed by atoms with van der Waals surface area (Å²) in [6, 6.07) is 8.19. The summed E-state index contributed by atoms with van der Waals surface area (Å²) in [4.78, 5) is 11.4. The van der Waals surface area contributed by atoms with Gasteiger partial charge in [-0.1, -0.05) is 23.7 Å². The predicted octanol–water partition coefficient (Wildman–Crippen LogP) is 3.31. The number of benzene rings is 1. The van der Waals surface area contributed by atoms with Crippen molar-refractivity contribution < 1.29 is 14.3 Å². The molecule has 0 spiro atoms. The van der Waals surface area contributed by atoms with Crippen molar-refractivity contribution in [1.29, 1.82) is 0 Å². The second-order valence-electron chi connectivity index (χ2n) is 9.59. The highest BCUT2D eigenvalue weighted by Crippen LogP contribution is 2.47. The van der Waals surface area contributed by atoms with E-state index >= 15 is 0 Å². The number of rotatable bonds is 5. The monoisotopic (exact) mass is 461 g/mol. The molecule has 31 heavy (non-hydrogen) atoms. The average molecular weight is 462 g/mol. The van der Waals surface area contributed by atoms with Crippen LogP contribution in [0.5, 0.6) is 0 Å². The minimum absolute atomic E-state index is 0.371. The number of H-pyrrole nitrogens is 1. The minimum Gasteiger partial charge on any atom is -0.387 e. The standard InChI is InChI=1S/C23H29ClN4O2S/c1-22(2,29)23(10-11-23)27-20-19-18(9-14-31(19)30)25-21(26-20)28-12-7-16(8-13-28)15-3-5-17(24)6-4-15/h3-6,16,29H,7-14H2,1-2H3,(H,25,26,27)/p+1. The molecule has 1 saturated carbocycles. The lowest BCUT2D eigenvalue weighted by Gasteiger charge is -2.31. The number of halogens is 1. The highest BCUT2D eigenvalue weighted by Gasteiger charge is 2.57. The second-order valence-corrected chi connectivity index (χ2v) is 11.5. The van der Waals surface area contributed by atoms with Gasteiger partial charge in [0.25, 0.3) is 0 Å². The van der Waals surface area contributed by atoms with E-state index in [1.807, 2.05) is 26.0 Å². The quantitative estimate of drug-likeness (QED) is 0.714. The fraction of sp³-hybridized carbons (Fsp3) is 0.565. The van der Waals surface area contributed by atoms with Gasteiger partial charge in [-0.25, -0.2) is 4.98 Å². The number of fused-ring (bicyclic) bond motifs is 1. The first-order chi connectivity index (χ1) is 14.8. The largest absolute Gasteiger partial charge is 0.387 e. The Labute approximate surface area is 190 Å². The van der Waals surface area contributed by atoms with Gasteiger partial charge in [0.05, 0.1) is 35.0 Å². The zero-order chi connectivity index (χ0) is 21.8. The van der Waals surface area contributed by atoms with E-state index in [2.05, 4.69) is 27.3 Å². The Morgan fingerprint density at radius 1 is 1.26 bits per heavy atom. The van der Waals surface area contributed by atoms with Crippen molar-refractivity contribution in [1.82, 2.24) is 4.98 Å². The van der Waals surface area contributed by atoms with Crippen molar-refractivity contribution in [3.05, 3.63) is 40.5 Å². The summed E-state index contributed by atoms with van der Waals surface area (Å²) in [5.74, 6) is 2.75. The van der Waals surface area contributed by atoms with Crippen LogP contribution in [0.2, 0.25) is 5.02 Å². The van der Waals surface area contributed by atoms with Crippen molar-refractivity contribution in [3.63, 3.8) is 0 Å². The molecular weight excluding hydrogens is 432 g/mol. The zero-order valence-electron chi connectivity index (χ0n) is 18.1. The summed E-state index contributed by atoms with van der Waals surface area (Å²) in [5, 5.41) is 15.0. The Balaban J connectivity index is 1.38. The minimum atomic E-state index is -1.06. The van der Waals surface area contributed by atoms with E-state index in [4.69, 9.17) is 16.6 Å². The number of nitrogens with one attached hydrogen (secondary N) is 2. The number of aromatic amines is 1. The average Bonchev–Trinajstić information content (AvgIpc) is 3.44. The Morgan fingerprint density at radius 2 is 1.94 bits per heavy atom. The van der Waals surface area contributed by atoms with Crippen molar-refractivity contribution in [2.24, 2.45) is 0 Å². The maximum atomic E-state index is 12.7. The number of aromatic nitrogens is 2. The van der Waals surface area contributed by atoms with Crippen LogP contribution in [0.25, 0.3) is 0 Å². The Morgan fingerprint density at radius 3 is 2.55 bits per heavy atom. The first-order valence-corrected chi connectivity index (χ1v) is 12.8. The first-order valence-electron chi connectivity index (χ1n) is 11.1. The predicted molar refractivity (Wildman–Crippen MR) is 123 cm³/mol. The molecule has 2 aromatic rings. The van der Waals surface area contributed by atoms with Gasteiger partial charge in [-0.2, -0.15) is 0 Å². The van der Waals surface area contributed by atoms with Crippen LogP contribution in [-0.4, -0.2) is 44.3 Å². The normalized spacial score (nSPS) is 23.0. The van der Waals surface area contributed by atoms with Gasteiger partial charge in [0.2, 0.25) is 5.82 Å². The molecule has 0 radical (unpaired) electrons. The summed E-state index contributed by atoms with van der Waals surface area (Å²) in [5.41, 5.74) is 1.04. The molecule has 2 fully saturated rings. The van der Waals surface area contributed by atoms with E-state index in [0.717, 1.165) is 72.6 Å². The maximum absolute atomic E-state index is 12.7. The number of anilines is 2. The van der Waals surface area contributed by atoms with Crippen LogP contribution in [0.3, 0.4) is 0 Å². The molecule has 1 unspecified atom stereocenters. The van der Waals surface area contributed by atoms with Gasteiger partial charge in [0.15, 0.2) is 0 Å². The van der Waals surface area contributed by atoms with E-state index in [1.165, 1.54) is 5.56 Å². The number of hydrogen-bond acceptors (Lipinski definition) is 5. The zero-order valence-corrected chi connectivity index (χ0v) is 19.7. The third kappa shape index (κ3) is 3.96. The van der Waals surface area contributed by atoms with E-state index in [-0.39, 0.29) is 5.54 Å². The molecule has 5 rings (SSSR count). The highest BCUT2D eigenvalue weighted by atomic mass is 35.5. The topological polar surface area (TPSA) is 79.6 Å². The van der Waals surface area contributed by atoms with Crippen LogP contribution < -0.4 is 15.2 Å². The van der Waals surface area contributed by atoms with Gasteiger partial charge in [-0.05, 0) is 63.1 Å². The molecule has 3 N–H and O–H groups in total. The van der Waals surface area contributed by atoms with Crippen LogP contribution in [0.4, 0.5) is 11.8 Å². The van der Waals surface area contributed by atoms with Gasteiger partial charge in [0, 0.05) is 17.2 Å². The molecule has 3 heterocycles. The van der Waals surface area contributed by atoms with Crippen molar-refractivity contribution in [3.8, 4) is 0 Å². The van der Waals surface area contributed by atoms with Crippen molar-refractivity contribution in [2.45, 2.75) is 67.9 Å². The maximum Gasteiger partial charge on any atom is 0.347 e. The van der Waals surface area contributed by atoms with E-state index < -0.39 is 16.4 Å². The van der Waals surface area contributed by atoms with Gasteiger partial charge in [0.1, 0.15) is 10.6 Å². The van der Waals surface area contributed by atoms with Crippen molar-refractivity contribution in [2.75, 3.05) is 29.1 Å². The highest BCUT2D eigenvalue weighted by molar-refractivity contribution is 7.85. The lowest BCUT2D eigenvalue weighted by molar-refractivity contribution is -0.355. The molecule has 166 valence electrons. The van der Waals surface area contributed by atoms with Gasteiger partial charge >= 0.3 is 5.95 Å². The van der Waals surface area contributed by atoms with Gasteiger partial charge < -0.3 is 10.4 Å². The van der Waals surface area contributed by atoms with E-state index in [1.54, 1.807) is 0 Å². The molecule has 1 atom stereocenters. The summed E-state index contributed by atoms with van der Waals surface area (Å²) in [6.45, 7) is 5.51. The molecule has 1 saturated heterocycles. The lowest BCUT2D eigenvalue weighted by atomic mass is 9.89. The fourth-order valence-electron chi connectivity index (χ4n) is 4.88. The van der Waals surface area contributed by atoms with Crippen molar-refractivity contribution >= 4 is 34.2 Å². The fourth-order valence-corrected chi connectivity index (χ4v) is 6.33. The summed E-state index contributed by atoms with van der Waals surface area (Å²) < 4.78 is 12.7. The van der Waals surface area contributed by atoms with E-state index in [9.17, 15) is 9.32 Å². The molecule has 1 aromatic heterocycles. The number of nitrogens with zero attached hydrogens (tertiary/aromatic N) is 2. The number of hydrogen-bond donors (Lipinski definition) is 2. The Bertz CT molecular complexity index is 1010. The van der Waals surface area contributed by atoms with Gasteiger partial charge in [-0.15, -0.1) is 4.98 Å². The summed E-state index contributed by atoms with van der Waals surface area (Å²) in [7, 11) is -1.06. The number of piperidine rings is 1. The Hall–Kier alpha value is -1.70. The first kappa shape index (κ1) is 21.2. The van der Waals surface area contributed by atoms with Crippen LogP contribution in [0.15, 0.2) is 29.2 Å². The lowest BCUT2D eigenvalue weighted by Crippen LogP contribution is -2.46. The number of aliphatic hydroxyl groups is 1. The molecule has 3 aliphatic rings. The third-order valence-electron chi connectivity index (χ3n) is 7.14. The van der Waals surface area contributed by atoms with Gasteiger partial charge in [-0.3, -0.25) is 9.11 Å². The second kappa shape index (κ2) is 7.71. The molecule has 0 bridgehead atoms. The Kier molecular flexibility index (Phi) is 5.26. The SMILES string of the molecule is CC(C)(O)C1(Nc2[nH+]c(N3CCC(c4ccc(Cl)cc4)CC3)nc3c2S(=O)CC3)CC1. The summed E-state index contributed by atoms with van der Waals surface area (Å²) in [6.07, 6.45) is 4.63. The molecule has 8 heteroatoms. The molecule has 2 aliphatic heterocycles. The van der Waals surface area contributed by atoms with Crippen LogP contribution in [0, 0.1) is 0 Å². The number of aryl methyl sites for hydroxylation is 1. The molecule has 1 aliphatic carbocycles. The molecule has 0 amide bonds.